The van der Waals surface area contributed by atoms with Crippen molar-refractivity contribution in [2.24, 2.45) is 0 Å². The van der Waals surface area contributed by atoms with Gasteiger partial charge in [-0.1, -0.05) is 18.2 Å². The Morgan fingerprint density at radius 3 is 2.44 bits per heavy atom. The molecular weight excluding hydrogens is 200 g/mol. The summed E-state index contributed by atoms with van der Waals surface area (Å²) in [5, 5.41) is 8.99. The molecule has 3 heteroatoms. The van der Waals surface area contributed by atoms with Gasteiger partial charge in [0.2, 0.25) is 0 Å². The third-order valence-electron chi connectivity index (χ3n) is 2.79. The molecule has 0 radical (unpaired) electrons. The van der Waals surface area contributed by atoms with E-state index in [-0.39, 0.29) is 5.91 Å². The van der Waals surface area contributed by atoms with Gasteiger partial charge in [0.15, 0.2) is 0 Å². The maximum absolute atomic E-state index is 12.1. The number of nitriles is 1. The first-order chi connectivity index (χ1) is 7.40. The molecule has 0 atom stereocenters. The predicted octanol–water partition coefficient (Wildman–Crippen LogP) is 2.37. The molecule has 84 valence electrons. The van der Waals surface area contributed by atoms with Crippen LogP contribution in [0.25, 0.3) is 0 Å². The van der Waals surface area contributed by atoms with E-state index in [1.54, 1.807) is 27.0 Å². The molecule has 0 saturated carbocycles. The molecule has 0 aliphatic carbocycles. The van der Waals surface area contributed by atoms with Crippen LogP contribution in [0, 0.1) is 18.3 Å². The van der Waals surface area contributed by atoms with Crippen LogP contribution < -0.4 is 0 Å². The van der Waals surface area contributed by atoms with E-state index in [2.05, 4.69) is 6.07 Å². The largest absolute Gasteiger partial charge is 0.324 e. The van der Waals surface area contributed by atoms with Crippen molar-refractivity contribution >= 4 is 5.91 Å². The number of amides is 1. The van der Waals surface area contributed by atoms with E-state index < -0.39 is 5.54 Å². The molecule has 0 saturated heterocycles. The Balaban J connectivity index is 3.06. The molecule has 0 aromatic heterocycles. The molecular formula is C13H16N2O. The SMILES string of the molecule is Cc1ccccc1C(=O)N(C)C(C)(C)C#N. The number of carbonyl (C=O) groups is 1. The number of rotatable bonds is 2. The van der Waals surface area contributed by atoms with Gasteiger partial charge in [0.25, 0.3) is 5.91 Å². The number of aryl methyl sites for hydroxylation is 1. The Bertz CT molecular complexity index is 443. The fourth-order valence-corrected chi connectivity index (χ4v) is 1.32. The van der Waals surface area contributed by atoms with Crippen molar-refractivity contribution in [2.45, 2.75) is 26.3 Å². The summed E-state index contributed by atoms with van der Waals surface area (Å²) in [7, 11) is 1.65. The lowest BCUT2D eigenvalue weighted by Gasteiger charge is -2.29. The van der Waals surface area contributed by atoms with Crippen LogP contribution >= 0.6 is 0 Å². The molecule has 1 aromatic carbocycles. The molecule has 0 aliphatic rings. The topological polar surface area (TPSA) is 44.1 Å². The molecule has 3 nitrogen and oxygen atoms in total. The first kappa shape index (κ1) is 12.3. The maximum atomic E-state index is 12.1. The number of hydrogen-bond donors (Lipinski definition) is 0. The van der Waals surface area contributed by atoms with Gasteiger partial charge in [0.05, 0.1) is 6.07 Å². The van der Waals surface area contributed by atoms with E-state index in [0.29, 0.717) is 5.56 Å². The third-order valence-corrected chi connectivity index (χ3v) is 2.79. The van der Waals surface area contributed by atoms with Gasteiger partial charge >= 0.3 is 0 Å². The molecule has 1 rings (SSSR count). The maximum Gasteiger partial charge on any atom is 0.255 e. The first-order valence-electron chi connectivity index (χ1n) is 5.15. The van der Waals surface area contributed by atoms with Crippen LogP contribution in [0.2, 0.25) is 0 Å². The minimum Gasteiger partial charge on any atom is -0.324 e. The van der Waals surface area contributed by atoms with Gasteiger partial charge in [0, 0.05) is 12.6 Å². The summed E-state index contributed by atoms with van der Waals surface area (Å²) in [6.45, 7) is 5.34. The smallest absolute Gasteiger partial charge is 0.255 e. The second kappa shape index (κ2) is 4.36. The highest BCUT2D eigenvalue weighted by molar-refractivity contribution is 5.96. The first-order valence-corrected chi connectivity index (χ1v) is 5.15. The van der Waals surface area contributed by atoms with Crippen LogP contribution in [0.4, 0.5) is 0 Å². The second-order valence-electron chi connectivity index (χ2n) is 4.35. The lowest BCUT2D eigenvalue weighted by molar-refractivity contribution is 0.0697. The lowest BCUT2D eigenvalue weighted by Crippen LogP contribution is -2.44. The fourth-order valence-electron chi connectivity index (χ4n) is 1.32. The molecule has 0 fully saturated rings. The number of nitrogens with zero attached hydrogens (tertiary/aromatic N) is 2. The molecule has 1 amide bonds. The summed E-state index contributed by atoms with van der Waals surface area (Å²) in [5.41, 5.74) is 0.778. The molecule has 0 N–H and O–H groups in total. The number of hydrogen-bond acceptors (Lipinski definition) is 2. The molecule has 0 bridgehead atoms. The summed E-state index contributed by atoms with van der Waals surface area (Å²) in [6.07, 6.45) is 0. The highest BCUT2D eigenvalue weighted by Crippen LogP contribution is 2.16. The fraction of sp³-hybridized carbons (Fsp3) is 0.385. The van der Waals surface area contributed by atoms with Crippen LogP contribution in [-0.4, -0.2) is 23.4 Å². The quantitative estimate of drug-likeness (QED) is 0.761. The average molecular weight is 216 g/mol. The summed E-state index contributed by atoms with van der Waals surface area (Å²) < 4.78 is 0. The van der Waals surface area contributed by atoms with E-state index in [9.17, 15) is 4.79 Å². The predicted molar refractivity (Wildman–Crippen MR) is 63.0 cm³/mol. The molecule has 0 spiro atoms. The average Bonchev–Trinajstić information content (AvgIpc) is 2.27. The van der Waals surface area contributed by atoms with Crippen LogP contribution in [-0.2, 0) is 0 Å². The number of benzene rings is 1. The van der Waals surface area contributed by atoms with Crippen LogP contribution in [0.15, 0.2) is 24.3 Å². The van der Waals surface area contributed by atoms with Crippen LogP contribution in [0.1, 0.15) is 29.8 Å². The van der Waals surface area contributed by atoms with E-state index >= 15 is 0 Å². The van der Waals surface area contributed by atoms with Crippen molar-refractivity contribution in [3.63, 3.8) is 0 Å². The normalized spacial score (nSPS) is 10.7. The Hall–Kier alpha value is -1.82. The van der Waals surface area contributed by atoms with E-state index in [4.69, 9.17) is 5.26 Å². The summed E-state index contributed by atoms with van der Waals surface area (Å²) in [4.78, 5) is 13.6. The Kier molecular flexibility index (Phi) is 3.34. The van der Waals surface area contributed by atoms with Crippen molar-refractivity contribution in [1.82, 2.24) is 4.90 Å². The zero-order valence-corrected chi connectivity index (χ0v) is 10.1. The monoisotopic (exact) mass is 216 g/mol. The van der Waals surface area contributed by atoms with Gasteiger partial charge in [-0.05, 0) is 32.4 Å². The minimum atomic E-state index is -0.792. The van der Waals surface area contributed by atoms with Gasteiger partial charge < -0.3 is 4.90 Å². The van der Waals surface area contributed by atoms with Gasteiger partial charge in [0.1, 0.15) is 5.54 Å². The zero-order valence-electron chi connectivity index (χ0n) is 10.1. The van der Waals surface area contributed by atoms with E-state index in [1.807, 2.05) is 25.1 Å². The van der Waals surface area contributed by atoms with Gasteiger partial charge in [-0.25, -0.2) is 0 Å². The Morgan fingerprint density at radius 2 is 1.94 bits per heavy atom. The molecule has 0 aliphatic heterocycles. The standard InChI is InChI=1S/C13H16N2O/c1-10-7-5-6-8-11(10)12(16)15(4)13(2,3)9-14/h5-8H,1-4H3. The van der Waals surface area contributed by atoms with Crippen LogP contribution in [0.5, 0.6) is 0 Å². The molecule has 0 unspecified atom stereocenters. The van der Waals surface area contributed by atoms with Crippen molar-refractivity contribution in [3.8, 4) is 6.07 Å². The highest BCUT2D eigenvalue weighted by atomic mass is 16.2. The van der Waals surface area contributed by atoms with Gasteiger partial charge in [-0.3, -0.25) is 4.79 Å². The van der Waals surface area contributed by atoms with Crippen molar-refractivity contribution in [1.29, 1.82) is 5.26 Å². The lowest BCUT2D eigenvalue weighted by atomic mass is 10.0. The molecule has 0 heterocycles. The van der Waals surface area contributed by atoms with Crippen molar-refractivity contribution in [2.75, 3.05) is 7.05 Å². The van der Waals surface area contributed by atoms with Gasteiger partial charge in [-0.2, -0.15) is 5.26 Å². The third kappa shape index (κ3) is 2.22. The number of carbonyl (C=O) groups excluding carboxylic acids is 1. The van der Waals surface area contributed by atoms with Crippen LogP contribution in [0.3, 0.4) is 0 Å². The van der Waals surface area contributed by atoms with E-state index in [0.717, 1.165) is 5.56 Å². The highest BCUT2D eigenvalue weighted by Gasteiger charge is 2.28. The Labute approximate surface area is 96.3 Å². The summed E-state index contributed by atoms with van der Waals surface area (Å²) >= 11 is 0. The summed E-state index contributed by atoms with van der Waals surface area (Å²) in [5.74, 6) is -0.121. The van der Waals surface area contributed by atoms with Gasteiger partial charge in [-0.15, -0.1) is 0 Å². The second-order valence-corrected chi connectivity index (χ2v) is 4.35. The van der Waals surface area contributed by atoms with E-state index in [1.165, 1.54) is 4.90 Å². The van der Waals surface area contributed by atoms with Crippen molar-refractivity contribution in [3.05, 3.63) is 35.4 Å². The molecule has 1 aromatic rings. The van der Waals surface area contributed by atoms with Crippen molar-refractivity contribution < 1.29 is 4.79 Å². The Morgan fingerprint density at radius 1 is 1.38 bits per heavy atom. The summed E-state index contributed by atoms with van der Waals surface area (Å²) in [6, 6.07) is 9.50. The minimum absolute atomic E-state index is 0.121. The molecule has 16 heavy (non-hydrogen) atoms. The zero-order chi connectivity index (χ0) is 12.3.